The van der Waals surface area contributed by atoms with Crippen LogP contribution in [-0.4, -0.2) is 30.4 Å². The minimum Gasteiger partial charge on any atom is -0.497 e. The number of para-hydroxylation sites is 1. The maximum absolute atomic E-state index is 13.6. The van der Waals surface area contributed by atoms with Gasteiger partial charge in [-0.2, -0.15) is 0 Å². The highest BCUT2D eigenvalue weighted by Crippen LogP contribution is 2.39. The Morgan fingerprint density at radius 2 is 1.97 bits per heavy atom. The highest BCUT2D eigenvalue weighted by atomic mass is 32.2. The van der Waals surface area contributed by atoms with Gasteiger partial charge in [0, 0.05) is 36.2 Å². The monoisotopic (exact) mass is 466 g/mol. The van der Waals surface area contributed by atoms with E-state index in [-0.39, 0.29) is 12.4 Å². The second kappa shape index (κ2) is 10.7. The molecule has 0 radical (unpaired) electrons. The standard InChI is InChI=1S/C15H14FNO2S.C11H13NO/c1-18-13-6-11(5-12(16)8-13)10-4-9-2-3-19-15(9)14(7-10)20-17;13-7-3-4-9-8-12-11-6-2-1-5-10(9)11/h4-8H,2-3,17H2,1H3;1-2,5-6,8,12-13H,3-4,7H2. The lowest BCUT2D eigenvalue weighted by Crippen LogP contribution is -1.91. The third-order valence-corrected chi connectivity index (χ3v) is 6.15. The van der Waals surface area contributed by atoms with E-state index in [2.05, 4.69) is 17.1 Å². The van der Waals surface area contributed by atoms with Crippen LogP contribution >= 0.6 is 11.9 Å². The molecule has 5 nitrogen and oxygen atoms in total. The molecule has 0 amide bonds. The molecule has 0 fully saturated rings. The lowest BCUT2D eigenvalue weighted by molar-refractivity contribution is 0.289. The number of benzene rings is 3. The lowest BCUT2D eigenvalue weighted by Gasteiger charge is -2.10. The quantitative estimate of drug-likeness (QED) is 0.327. The number of aromatic amines is 1. The van der Waals surface area contributed by atoms with E-state index in [9.17, 15) is 4.39 Å². The molecule has 5 rings (SSSR count). The number of fused-ring (bicyclic) bond motifs is 2. The van der Waals surface area contributed by atoms with Gasteiger partial charge in [-0.3, -0.25) is 5.14 Å². The fourth-order valence-electron chi connectivity index (χ4n) is 3.98. The number of ether oxygens (including phenoxy) is 2. The molecule has 3 aromatic carbocycles. The molecule has 1 aliphatic heterocycles. The second-order valence-electron chi connectivity index (χ2n) is 7.75. The van der Waals surface area contributed by atoms with E-state index in [4.69, 9.17) is 19.7 Å². The molecule has 0 unspecified atom stereocenters. The van der Waals surface area contributed by atoms with E-state index in [0.29, 0.717) is 12.4 Å². The van der Waals surface area contributed by atoms with Crippen LogP contribution in [0.2, 0.25) is 0 Å². The van der Waals surface area contributed by atoms with Crippen molar-refractivity contribution in [3.63, 3.8) is 0 Å². The van der Waals surface area contributed by atoms with Gasteiger partial charge >= 0.3 is 0 Å². The number of H-pyrrole nitrogens is 1. The molecule has 0 saturated carbocycles. The predicted octanol–water partition coefficient (Wildman–Crippen LogP) is 5.49. The van der Waals surface area contributed by atoms with Gasteiger partial charge in [0.15, 0.2) is 0 Å². The summed E-state index contributed by atoms with van der Waals surface area (Å²) in [5.41, 5.74) is 5.27. The molecule has 2 heterocycles. The number of nitrogens with one attached hydrogen (secondary N) is 1. The average molecular weight is 467 g/mol. The largest absolute Gasteiger partial charge is 0.497 e. The van der Waals surface area contributed by atoms with Crippen molar-refractivity contribution in [2.45, 2.75) is 24.2 Å². The number of aryl methyl sites for hydroxylation is 1. The Morgan fingerprint density at radius 3 is 2.76 bits per heavy atom. The Kier molecular flexibility index (Phi) is 7.54. The molecule has 1 aliphatic rings. The van der Waals surface area contributed by atoms with Crippen LogP contribution in [0.3, 0.4) is 0 Å². The van der Waals surface area contributed by atoms with Crippen molar-refractivity contribution in [1.82, 2.24) is 4.98 Å². The summed E-state index contributed by atoms with van der Waals surface area (Å²) in [4.78, 5) is 4.09. The Bertz CT molecular complexity index is 1240. The highest BCUT2D eigenvalue weighted by Gasteiger charge is 2.18. The topological polar surface area (TPSA) is 80.5 Å². The van der Waals surface area contributed by atoms with E-state index < -0.39 is 0 Å². The van der Waals surface area contributed by atoms with Crippen LogP contribution in [0.5, 0.6) is 11.5 Å². The zero-order valence-corrected chi connectivity index (χ0v) is 19.3. The fraction of sp³-hybridized carbons (Fsp3) is 0.231. The minimum atomic E-state index is -0.321. The summed E-state index contributed by atoms with van der Waals surface area (Å²) in [7, 11) is 1.52. The Hall–Kier alpha value is -3.00. The molecule has 7 heteroatoms. The summed E-state index contributed by atoms with van der Waals surface area (Å²) in [6, 6.07) is 16.8. The number of aliphatic hydroxyl groups excluding tert-OH is 1. The molecule has 33 heavy (non-hydrogen) atoms. The number of nitrogens with two attached hydrogens (primary N) is 1. The minimum absolute atomic E-state index is 0.263. The second-order valence-corrected chi connectivity index (χ2v) is 8.42. The maximum atomic E-state index is 13.6. The summed E-state index contributed by atoms with van der Waals surface area (Å²) in [5.74, 6) is 1.03. The molecule has 4 N–H and O–H groups in total. The average Bonchev–Trinajstić information content (AvgIpc) is 3.49. The smallest absolute Gasteiger partial charge is 0.137 e. The Balaban J connectivity index is 0.000000172. The number of aromatic nitrogens is 1. The Labute approximate surface area is 196 Å². The van der Waals surface area contributed by atoms with Gasteiger partial charge in [-0.05, 0) is 77.4 Å². The number of halogens is 1. The molecule has 172 valence electrons. The number of hydrogen-bond donors (Lipinski definition) is 3. The van der Waals surface area contributed by atoms with Gasteiger partial charge < -0.3 is 19.6 Å². The van der Waals surface area contributed by atoms with Crippen LogP contribution in [-0.2, 0) is 12.8 Å². The van der Waals surface area contributed by atoms with Gasteiger partial charge in [-0.15, -0.1) is 0 Å². The summed E-state index contributed by atoms with van der Waals surface area (Å²) in [5, 5.41) is 15.7. The van der Waals surface area contributed by atoms with Gasteiger partial charge in [0.05, 0.1) is 18.6 Å². The van der Waals surface area contributed by atoms with Gasteiger partial charge in [0.2, 0.25) is 0 Å². The maximum Gasteiger partial charge on any atom is 0.137 e. The highest BCUT2D eigenvalue weighted by molar-refractivity contribution is 7.97. The molecule has 0 saturated heterocycles. The molecule has 0 atom stereocenters. The number of aliphatic hydroxyl groups is 1. The van der Waals surface area contributed by atoms with Crippen molar-refractivity contribution >= 4 is 22.9 Å². The first-order chi connectivity index (χ1) is 16.1. The summed E-state index contributed by atoms with van der Waals surface area (Å²) < 4.78 is 24.3. The fourth-order valence-corrected chi connectivity index (χ4v) is 4.47. The Morgan fingerprint density at radius 1 is 1.15 bits per heavy atom. The van der Waals surface area contributed by atoms with Crippen LogP contribution in [0.25, 0.3) is 22.0 Å². The SMILES string of the molecule is COc1cc(F)cc(-c2cc3c(c(SN)c2)OCC3)c1.OCCCc1c[nH]c2ccccc12. The van der Waals surface area contributed by atoms with Crippen LogP contribution in [0, 0.1) is 5.82 Å². The molecule has 1 aromatic heterocycles. The molecule has 4 aromatic rings. The van der Waals surface area contributed by atoms with Gasteiger partial charge in [-0.1, -0.05) is 18.2 Å². The van der Waals surface area contributed by atoms with Crippen LogP contribution < -0.4 is 14.6 Å². The summed E-state index contributed by atoms with van der Waals surface area (Å²) in [6.45, 7) is 0.929. The first kappa shape index (κ1) is 23.2. The van der Waals surface area contributed by atoms with Crippen molar-refractivity contribution in [3.05, 3.63) is 77.7 Å². The first-order valence-corrected chi connectivity index (χ1v) is 11.7. The number of hydrogen-bond acceptors (Lipinski definition) is 5. The van der Waals surface area contributed by atoms with Crippen molar-refractivity contribution in [1.29, 1.82) is 0 Å². The zero-order chi connectivity index (χ0) is 23.2. The van der Waals surface area contributed by atoms with Gasteiger partial charge in [0.25, 0.3) is 0 Å². The van der Waals surface area contributed by atoms with E-state index in [1.807, 2.05) is 36.5 Å². The van der Waals surface area contributed by atoms with E-state index in [1.165, 1.54) is 35.7 Å². The van der Waals surface area contributed by atoms with Gasteiger partial charge in [0.1, 0.15) is 17.3 Å². The van der Waals surface area contributed by atoms with Crippen molar-refractivity contribution < 1.29 is 19.0 Å². The predicted molar refractivity (Wildman–Crippen MR) is 131 cm³/mol. The molecule has 0 aliphatic carbocycles. The van der Waals surface area contributed by atoms with Crippen LogP contribution in [0.1, 0.15) is 17.5 Å². The molecular weight excluding hydrogens is 439 g/mol. The molecular formula is C26H27FN2O3S. The van der Waals surface area contributed by atoms with E-state index in [1.54, 1.807) is 0 Å². The van der Waals surface area contributed by atoms with Crippen LogP contribution in [0.15, 0.2) is 65.7 Å². The van der Waals surface area contributed by atoms with Crippen molar-refractivity contribution in [3.8, 4) is 22.6 Å². The van der Waals surface area contributed by atoms with Crippen molar-refractivity contribution in [2.24, 2.45) is 5.14 Å². The first-order valence-electron chi connectivity index (χ1n) is 10.8. The van der Waals surface area contributed by atoms with Crippen molar-refractivity contribution in [2.75, 3.05) is 20.3 Å². The third-order valence-electron chi connectivity index (χ3n) is 5.60. The summed E-state index contributed by atoms with van der Waals surface area (Å²) >= 11 is 1.15. The zero-order valence-electron chi connectivity index (χ0n) is 18.4. The van der Waals surface area contributed by atoms with E-state index in [0.717, 1.165) is 58.5 Å². The number of methoxy groups -OCH3 is 1. The summed E-state index contributed by atoms with van der Waals surface area (Å²) in [6.07, 6.45) is 4.66. The number of rotatable bonds is 6. The normalized spacial score (nSPS) is 12.1. The third kappa shape index (κ3) is 5.33. The molecule has 0 spiro atoms. The van der Waals surface area contributed by atoms with Gasteiger partial charge in [-0.25, -0.2) is 4.39 Å². The lowest BCUT2D eigenvalue weighted by atomic mass is 10.0. The van der Waals surface area contributed by atoms with Crippen LogP contribution in [0.4, 0.5) is 4.39 Å². The molecule has 0 bridgehead atoms. The van der Waals surface area contributed by atoms with E-state index >= 15 is 0 Å².